The molecule has 4 rings (SSSR count). The van der Waals surface area contributed by atoms with Crippen LogP contribution in [-0.4, -0.2) is 50.7 Å². The summed E-state index contributed by atoms with van der Waals surface area (Å²) in [5.41, 5.74) is 1.33. The average molecular weight is 482 g/mol. The molecule has 3 aromatic rings. The van der Waals surface area contributed by atoms with E-state index >= 15 is 0 Å². The van der Waals surface area contributed by atoms with Crippen LogP contribution in [0.2, 0.25) is 0 Å². The van der Waals surface area contributed by atoms with Crippen LogP contribution in [0.3, 0.4) is 0 Å². The predicted octanol–water partition coefficient (Wildman–Crippen LogP) is 4.03. The zero-order valence-electron chi connectivity index (χ0n) is 19.7. The fraction of sp³-hybridized carbons (Fsp3) is 0.269. The molecule has 1 aliphatic rings. The van der Waals surface area contributed by atoms with Gasteiger partial charge in [0.2, 0.25) is 5.75 Å². The Hall–Kier alpha value is -4.27. The average Bonchev–Trinajstić information content (AvgIpc) is 2.87. The zero-order chi connectivity index (χ0) is 25.1. The Labute approximate surface area is 202 Å². The highest BCUT2D eigenvalue weighted by molar-refractivity contribution is 5.89. The number of ether oxygens (including phenoxy) is 6. The number of phenolic OH excluding ortho intramolecular Hbond substituents is 2. The maximum Gasteiger partial charge on any atom is 0.338 e. The highest BCUT2D eigenvalue weighted by atomic mass is 16.6. The number of hydrogen-bond donors (Lipinski definition) is 2. The van der Waals surface area contributed by atoms with E-state index in [4.69, 9.17) is 28.4 Å². The second-order valence-electron chi connectivity index (χ2n) is 7.82. The van der Waals surface area contributed by atoms with Gasteiger partial charge in [-0.15, -0.1) is 0 Å². The minimum absolute atomic E-state index is 0.144. The molecule has 0 saturated carbocycles. The molecular weight excluding hydrogens is 456 g/mol. The Morgan fingerprint density at radius 1 is 0.886 bits per heavy atom. The fourth-order valence-corrected chi connectivity index (χ4v) is 4.03. The highest BCUT2D eigenvalue weighted by Crippen LogP contribution is 2.46. The van der Waals surface area contributed by atoms with Crippen molar-refractivity contribution in [2.75, 3.05) is 28.4 Å². The molecule has 1 heterocycles. The van der Waals surface area contributed by atoms with Crippen molar-refractivity contribution in [3.63, 3.8) is 0 Å². The van der Waals surface area contributed by atoms with Crippen molar-refractivity contribution in [3.8, 4) is 40.2 Å². The lowest BCUT2D eigenvalue weighted by Gasteiger charge is -2.34. The van der Waals surface area contributed by atoms with Crippen molar-refractivity contribution >= 4 is 5.97 Å². The lowest BCUT2D eigenvalue weighted by atomic mass is 9.93. The van der Waals surface area contributed by atoms with Gasteiger partial charge < -0.3 is 38.6 Å². The van der Waals surface area contributed by atoms with Crippen LogP contribution in [0.1, 0.15) is 27.6 Å². The van der Waals surface area contributed by atoms with Gasteiger partial charge in [-0.25, -0.2) is 4.79 Å². The van der Waals surface area contributed by atoms with Crippen LogP contribution >= 0.6 is 0 Å². The molecule has 184 valence electrons. The topological polar surface area (TPSA) is 113 Å². The summed E-state index contributed by atoms with van der Waals surface area (Å²) in [6, 6.07) is 12.5. The monoisotopic (exact) mass is 482 g/mol. The number of rotatable bonds is 7. The quantitative estimate of drug-likeness (QED) is 0.482. The molecule has 0 bridgehead atoms. The van der Waals surface area contributed by atoms with Crippen molar-refractivity contribution in [2.45, 2.75) is 18.6 Å². The first-order valence-corrected chi connectivity index (χ1v) is 10.7. The van der Waals surface area contributed by atoms with Crippen LogP contribution in [0, 0.1) is 0 Å². The predicted molar refractivity (Wildman–Crippen MR) is 125 cm³/mol. The summed E-state index contributed by atoms with van der Waals surface area (Å²) in [5.74, 6) is 1.20. The van der Waals surface area contributed by atoms with Crippen LogP contribution < -0.4 is 23.7 Å². The molecule has 0 radical (unpaired) electrons. The molecule has 0 aromatic heterocycles. The summed E-state index contributed by atoms with van der Waals surface area (Å²) in [6.07, 6.45) is -1.49. The maximum absolute atomic E-state index is 13.0. The van der Waals surface area contributed by atoms with E-state index in [2.05, 4.69) is 0 Å². The highest BCUT2D eigenvalue weighted by Gasteiger charge is 2.37. The number of carbonyl (C=O) groups is 1. The van der Waals surface area contributed by atoms with Gasteiger partial charge in [-0.1, -0.05) is 0 Å². The zero-order valence-corrected chi connectivity index (χ0v) is 19.7. The SMILES string of the molecule is COc1ccc(C(=O)O[C@@H]2Cc3c(O)cc(O)cc3O[C@@H]2c2cc(OC)c(OC)c(OC)c2)cc1. The summed E-state index contributed by atoms with van der Waals surface area (Å²) in [7, 11) is 6.03. The Morgan fingerprint density at radius 3 is 2.11 bits per heavy atom. The summed E-state index contributed by atoms with van der Waals surface area (Å²) < 4.78 is 33.5. The van der Waals surface area contributed by atoms with E-state index in [1.807, 2.05) is 0 Å². The molecule has 2 N–H and O–H groups in total. The van der Waals surface area contributed by atoms with Crippen molar-refractivity contribution in [1.29, 1.82) is 0 Å². The maximum atomic E-state index is 13.0. The van der Waals surface area contributed by atoms with Gasteiger partial charge in [0.1, 0.15) is 29.1 Å². The summed E-state index contributed by atoms with van der Waals surface area (Å²) >= 11 is 0. The van der Waals surface area contributed by atoms with Crippen LogP contribution in [0.5, 0.6) is 40.2 Å². The molecular formula is C26H26O9. The van der Waals surface area contributed by atoms with E-state index in [0.717, 1.165) is 0 Å². The third-order valence-electron chi connectivity index (χ3n) is 5.77. The number of carbonyl (C=O) groups excluding carboxylic acids is 1. The van der Waals surface area contributed by atoms with Crippen LogP contribution in [0.25, 0.3) is 0 Å². The minimum atomic E-state index is -0.824. The molecule has 35 heavy (non-hydrogen) atoms. The molecule has 0 spiro atoms. The Bertz CT molecular complexity index is 1200. The molecule has 9 nitrogen and oxygen atoms in total. The summed E-state index contributed by atoms with van der Waals surface area (Å²) in [4.78, 5) is 13.0. The molecule has 0 saturated heterocycles. The molecule has 0 aliphatic carbocycles. The summed E-state index contributed by atoms with van der Waals surface area (Å²) in [6.45, 7) is 0. The molecule has 0 unspecified atom stereocenters. The van der Waals surface area contributed by atoms with E-state index in [1.165, 1.54) is 40.6 Å². The van der Waals surface area contributed by atoms with Gasteiger partial charge >= 0.3 is 5.97 Å². The number of phenols is 2. The van der Waals surface area contributed by atoms with Gasteiger partial charge in [-0.05, 0) is 36.4 Å². The van der Waals surface area contributed by atoms with Crippen LogP contribution in [0.4, 0.5) is 0 Å². The van der Waals surface area contributed by atoms with Gasteiger partial charge in [-0.2, -0.15) is 0 Å². The van der Waals surface area contributed by atoms with Gasteiger partial charge in [0, 0.05) is 29.7 Å². The third-order valence-corrected chi connectivity index (χ3v) is 5.77. The number of benzene rings is 3. The first kappa shape index (κ1) is 23.9. The molecule has 1 aliphatic heterocycles. The molecule has 0 fully saturated rings. The van der Waals surface area contributed by atoms with E-state index in [9.17, 15) is 15.0 Å². The van der Waals surface area contributed by atoms with E-state index in [0.29, 0.717) is 39.7 Å². The second-order valence-corrected chi connectivity index (χ2v) is 7.82. The molecule has 2 atom stereocenters. The number of aromatic hydroxyl groups is 2. The minimum Gasteiger partial charge on any atom is -0.508 e. The third kappa shape index (κ3) is 4.70. The van der Waals surface area contributed by atoms with Gasteiger partial charge in [0.25, 0.3) is 0 Å². The fourth-order valence-electron chi connectivity index (χ4n) is 4.03. The molecule has 0 amide bonds. The van der Waals surface area contributed by atoms with Crippen molar-refractivity contribution < 1.29 is 43.4 Å². The van der Waals surface area contributed by atoms with E-state index in [-0.39, 0.29) is 23.7 Å². The van der Waals surface area contributed by atoms with Crippen LogP contribution in [-0.2, 0) is 11.2 Å². The Balaban J connectivity index is 1.75. The molecule has 9 heteroatoms. The van der Waals surface area contributed by atoms with E-state index < -0.39 is 18.2 Å². The first-order chi connectivity index (χ1) is 16.9. The Morgan fingerprint density at radius 2 is 1.54 bits per heavy atom. The largest absolute Gasteiger partial charge is 0.508 e. The van der Waals surface area contributed by atoms with Crippen molar-refractivity contribution in [3.05, 3.63) is 65.2 Å². The van der Waals surface area contributed by atoms with Crippen LogP contribution in [0.15, 0.2) is 48.5 Å². The normalized spacial score (nSPS) is 16.5. The second kappa shape index (κ2) is 9.92. The van der Waals surface area contributed by atoms with E-state index in [1.54, 1.807) is 36.4 Å². The van der Waals surface area contributed by atoms with Crippen molar-refractivity contribution in [2.24, 2.45) is 0 Å². The number of fused-ring (bicyclic) bond motifs is 1. The van der Waals surface area contributed by atoms with Gasteiger partial charge in [0.05, 0.1) is 34.0 Å². The lowest BCUT2D eigenvalue weighted by molar-refractivity contribution is -0.0189. The smallest absolute Gasteiger partial charge is 0.338 e. The van der Waals surface area contributed by atoms with Gasteiger partial charge in [-0.3, -0.25) is 0 Å². The first-order valence-electron chi connectivity index (χ1n) is 10.7. The number of methoxy groups -OCH3 is 4. The van der Waals surface area contributed by atoms with Crippen molar-refractivity contribution in [1.82, 2.24) is 0 Å². The Kier molecular flexibility index (Phi) is 6.77. The number of hydrogen-bond acceptors (Lipinski definition) is 9. The number of esters is 1. The summed E-state index contributed by atoms with van der Waals surface area (Å²) in [5, 5.41) is 20.4. The standard InChI is InChI=1S/C26H26O9/c1-30-17-7-5-14(6-8-17)26(29)35-23-13-18-19(28)11-16(27)12-20(18)34-24(23)15-9-21(31-2)25(33-4)22(10-15)32-3/h5-12,23-24,27-28H,13H2,1-4H3/t23-,24-/m1/s1. The molecule has 3 aromatic carbocycles. The lowest BCUT2D eigenvalue weighted by Crippen LogP contribution is -2.34. The van der Waals surface area contributed by atoms with Gasteiger partial charge in [0.15, 0.2) is 17.6 Å².